The lowest BCUT2D eigenvalue weighted by Gasteiger charge is -2.09. The molecule has 8 nitrogen and oxygen atoms in total. The summed E-state index contributed by atoms with van der Waals surface area (Å²) in [6, 6.07) is 11.6. The van der Waals surface area contributed by atoms with Gasteiger partial charge in [0, 0.05) is 5.56 Å². The van der Waals surface area contributed by atoms with Gasteiger partial charge in [0.1, 0.15) is 12.3 Å². The van der Waals surface area contributed by atoms with E-state index in [-0.39, 0.29) is 5.56 Å². The first-order chi connectivity index (χ1) is 13.8. The average molecular weight is 398 g/mol. The molecule has 0 saturated carbocycles. The van der Waals surface area contributed by atoms with Gasteiger partial charge in [-0.25, -0.2) is 0 Å². The third-order valence-electron chi connectivity index (χ3n) is 4.13. The van der Waals surface area contributed by atoms with Gasteiger partial charge in [-0.05, 0) is 49.2 Å². The van der Waals surface area contributed by atoms with Gasteiger partial charge in [-0.1, -0.05) is 18.2 Å². The molecule has 152 valence electrons. The van der Waals surface area contributed by atoms with E-state index < -0.39 is 36.8 Å². The van der Waals surface area contributed by atoms with E-state index in [1.807, 2.05) is 19.9 Å². The molecule has 8 heteroatoms. The Labute approximate surface area is 168 Å². The number of esters is 1. The number of benzene rings is 2. The predicted molar refractivity (Wildman–Crippen MR) is 105 cm³/mol. The molecule has 0 aliphatic heterocycles. The van der Waals surface area contributed by atoms with E-state index in [9.17, 15) is 19.2 Å². The summed E-state index contributed by atoms with van der Waals surface area (Å²) in [5, 5.41) is 4.53. The van der Waals surface area contributed by atoms with Crippen LogP contribution in [-0.2, 0) is 14.3 Å². The maximum atomic E-state index is 12.1. The second-order valence-electron chi connectivity index (χ2n) is 6.22. The molecule has 0 fully saturated rings. The van der Waals surface area contributed by atoms with Crippen molar-refractivity contribution >= 4 is 23.7 Å². The Morgan fingerprint density at radius 2 is 1.66 bits per heavy atom. The Hall–Kier alpha value is -3.68. The Kier molecular flexibility index (Phi) is 7.47. The van der Waals surface area contributed by atoms with Crippen LogP contribution in [0.3, 0.4) is 0 Å². The van der Waals surface area contributed by atoms with Crippen LogP contribution in [0.4, 0.5) is 0 Å². The molecule has 0 aliphatic rings. The summed E-state index contributed by atoms with van der Waals surface area (Å²) in [5.41, 5.74) is 2.60. The summed E-state index contributed by atoms with van der Waals surface area (Å²) in [4.78, 5) is 47.7. The minimum atomic E-state index is -0.804. The second-order valence-corrected chi connectivity index (χ2v) is 6.22. The van der Waals surface area contributed by atoms with E-state index in [0.29, 0.717) is 11.3 Å². The van der Waals surface area contributed by atoms with Gasteiger partial charge < -0.3 is 14.8 Å². The van der Waals surface area contributed by atoms with Crippen LogP contribution in [0.15, 0.2) is 42.5 Å². The number of hydrogen-bond donors (Lipinski definition) is 2. The number of nitrogens with one attached hydrogen (secondary N) is 2. The maximum Gasteiger partial charge on any atom is 0.325 e. The largest absolute Gasteiger partial charge is 0.496 e. The Morgan fingerprint density at radius 1 is 0.931 bits per heavy atom. The molecule has 0 bridgehead atoms. The molecule has 0 saturated heterocycles. The van der Waals surface area contributed by atoms with E-state index in [2.05, 4.69) is 10.6 Å². The first-order valence-electron chi connectivity index (χ1n) is 8.80. The molecule has 29 heavy (non-hydrogen) atoms. The van der Waals surface area contributed by atoms with E-state index in [0.717, 1.165) is 11.1 Å². The number of ether oxygens (including phenoxy) is 2. The minimum absolute atomic E-state index is 0.176. The van der Waals surface area contributed by atoms with Crippen molar-refractivity contribution in [3.05, 3.63) is 64.7 Å². The molecule has 0 atom stereocenters. The highest BCUT2D eigenvalue weighted by molar-refractivity contribution is 6.06. The molecule has 0 heterocycles. The summed E-state index contributed by atoms with van der Waals surface area (Å²) in [6.07, 6.45) is 0. The summed E-state index contributed by atoms with van der Waals surface area (Å²) in [5.74, 6) is -2.40. The third-order valence-corrected chi connectivity index (χ3v) is 4.13. The van der Waals surface area contributed by atoms with Gasteiger partial charge in [0.2, 0.25) is 0 Å². The maximum absolute atomic E-state index is 12.1. The normalized spacial score (nSPS) is 10.0. The zero-order chi connectivity index (χ0) is 21.4. The van der Waals surface area contributed by atoms with Crippen molar-refractivity contribution < 1.29 is 28.7 Å². The quantitative estimate of drug-likeness (QED) is 0.685. The van der Waals surface area contributed by atoms with Crippen LogP contribution < -0.4 is 15.4 Å². The third kappa shape index (κ3) is 6.17. The number of carbonyl (C=O) groups excluding carboxylic acids is 4. The number of carbonyl (C=O) groups is 4. The number of methoxy groups -OCH3 is 1. The van der Waals surface area contributed by atoms with Crippen molar-refractivity contribution in [2.45, 2.75) is 13.8 Å². The molecule has 2 N–H and O–H groups in total. The zero-order valence-corrected chi connectivity index (χ0v) is 16.4. The van der Waals surface area contributed by atoms with Crippen molar-refractivity contribution in [2.75, 3.05) is 20.3 Å². The van der Waals surface area contributed by atoms with Crippen molar-refractivity contribution in [3.8, 4) is 5.75 Å². The molecule has 2 aromatic rings. The van der Waals surface area contributed by atoms with Crippen molar-refractivity contribution in [3.63, 3.8) is 0 Å². The molecule has 0 radical (unpaired) electrons. The standard InChI is InChI=1S/C21H22N2O6/c1-13-8-9-15(10-14(13)2)20(26)22-11-19(25)29-12-18(24)23-21(27)16-6-4-5-7-17(16)28-3/h4-10H,11-12H2,1-3H3,(H,22,26)(H,23,24,27). The lowest BCUT2D eigenvalue weighted by molar-refractivity contribution is -0.147. The van der Waals surface area contributed by atoms with Crippen LogP contribution in [-0.4, -0.2) is 44.0 Å². The molecular formula is C21H22N2O6. The minimum Gasteiger partial charge on any atom is -0.496 e. The first kappa shape index (κ1) is 21.6. The number of para-hydroxylation sites is 1. The Morgan fingerprint density at radius 3 is 2.34 bits per heavy atom. The number of aryl methyl sites for hydroxylation is 2. The SMILES string of the molecule is COc1ccccc1C(=O)NC(=O)COC(=O)CNC(=O)c1ccc(C)c(C)c1. The summed E-state index contributed by atoms with van der Waals surface area (Å²) in [6.45, 7) is 2.75. The topological polar surface area (TPSA) is 111 Å². The van der Waals surface area contributed by atoms with Crippen molar-refractivity contribution in [1.29, 1.82) is 0 Å². The van der Waals surface area contributed by atoms with Crippen LogP contribution in [0, 0.1) is 13.8 Å². The molecule has 0 aliphatic carbocycles. The zero-order valence-electron chi connectivity index (χ0n) is 16.4. The lowest BCUT2D eigenvalue weighted by Crippen LogP contribution is -2.36. The van der Waals surface area contributed by atoms with Gasteiger partial charge >= 0.3 is 5.97 Å². The van der Waals surface area contributed by atoms with Crippen LogP contribution in [0.25, 0.3) is 0 Å². The van der Waals surface area contributed by atoms with Gasteiger partial charge in [0.25, 0.3) is 17.7 Å². The predicted octanol–water partition coefficient (Wildman–Crippen LogP) is 1.54. The van der Waals surface area contributed by atoms with Gasteiger partial charge in [-0.2, -0.15) is 0 Å². The molecule has 0 unspecified atom stereocenters. The fourth-order valence-corrected chi connectivity index (χ4v) is 2.40. The van der Waals surface area contributed by atoms with Crippen LogP contribution >= 0.6 is 0 Å². The van der Waals surface area contributed by atoms with Crippen LogP contribution in [0.5, 0.6) is 5.75 Å². The molecule has 3 amide bonds. The summed E-state index contributed by atoms with van der Waals surface area (Å²) in [7, 11) is 1.40. The average Bonchev–Trinajstić information content (AvgIpc) is 2.72. The fourth-order valence-electron chi connectivity index (χ4n) is 2.40. The van der Waals surface area contributed by atoms with Gasteiger partial charge in [0.15, 0.2) is 6.61 Å². The van der Waals surface area contributed by atoms with Crippen molar-refractivity contribution in [1.82, 2.24) is 10.6 Å². The summed E-state index contributed by atoms with van der Waals surface area (Å²) >= 11 is 0. The molecular weight excluding hydrogens is 376 g/mol. The first-order valence-corrected chi connectivity index (χ1v) is 8.80. The van der Waals surface area contributed by atoms with Crippen LogP contribution in [0.2, 0.25) is 0 Å². The number of rotatable bonds is 7. The highest BCUT2D eigenvalue weighted by Gasteiger charge is 2.16. The molecule has 2 rings (SSSR count). The van der Waals surface area contributed by atoms with Gasteiger partial charge in [0.05, 0.1) is 12.7 Å². The lowest BCUT2D eigenvalue weighted by atomic mass is 10.1. The number of amides is 3. The van der Waals surface area contributed by atoms with Gasteiger partial charge in [-0.3, -0.25) is 24.5 Å². The highest BCUT2D eigenvalue weighted by atomic mass is 16.5. The number of hydrogen-bond acceptors (Lipinski definition) is 6. The summed E-state index contributed by atoms with van der Waals surface area (Å²) < 4.78 is 9.83. The fraction of sp³-hybridized carbons (Fsp3) is 0.238. The van der Waals surface area contributed by atoms with E-state index in [1.54, 1.807) is 30.3 Å². The number of imide groups is 1. The highest BCUT2D eigenvalue weighted by Crippen LogP contribution is 2.16. The second kappa shape index (κ2) is 10.0. The molecule has 0 aromatic heterocycles. The Balaban J connectivity index is 1.78. The molecule has 2 aromatic carbocycles. The van der Waals surface area contributed by atoms with Gasteiger partial charge in [-0.15, -0.1) is 0 Å². The monoisotopic (exact) mass is 398 g/mol. The van der Waals surface area contributed by atoms with Crippen LogP contribution in [0.1, 0.15) is 31.8 Å². The van der Waals surface area contributed by atoms with E-state index >= 15 is 0 Å². The smallest absolute Gasteiger partial charge is 0.325 e. The van der Waals surface area contributed by atoms with Crippen molar-refractivity contribution in [2.24, 2.45) is 0 Å². The van der Waals surface area contributed by atoms with E-state index in [1.165, 1.54) is 13.2 Å². The molecule has 0 spiro atoms. The van der Waals surface area contributed by atoms with E-state index in [4.69, 9.17) is 9.47 Å². The Bertz CT molecular complexity index is 939.